The van der Waals surface area contributed by atoms with Gasteiger partial charge in [0.25, 0.3) is 0 Å². The van der Waals surface area contributed by atoms with Crippen molar-refractivity contribution in [2.45, 2.75) is 19.4 Å². The molecule has 0 saturated heterocycles. The lowest BCUT2D eigenvalue weighted by molar-refractivity contribution is -0.117. The van der Waals surface area contributed by atoms with Gasteiger partial charge in [-0.3, -0.25) is 4.79 Å². The third kappa shape index (κ3) is 3.59. The van der Waals surface area contributed by atoms with Crippen molar-refractivity contribution < 1.29 is 9.53 Å². The average Bonchev–Trinajstić information content (AvgIpc) is 2.27. The minimum absolute atomic E-state index is 0.264. The standard InChI is InChI=1S/C11H14BrClN2O2/c1-3-8(14)11(16)15-9-5-6(13)4-7(12)10(9)17-2/h4-5,8H,3,14H2,1-2H3,(H,15,16). The minimum Gasteiger partial charge on any atom is -0.493 e. The van der Waals surface area contributed by atoms with Crippen molar-refractivity contribution >= 4 is 39.1 Å². The molecular formula is C11H14BrClN2O2. The zero-order valence-corrected chi connectivity index (χ0v) is 11.9. The summed E-state index contributed by atoms with van der Waals surface area (Å²) in [5.74, 6) is 0.256. The Labute approximate surface area is 114 Å². The number of anilines is 1. The van der Waals surface area contributed by atoms with E-state index in [0.717, 1.165) is 0 Å². The van der Waals surface area contributed by atoms with Gasteiger partial charge in [0, 0.05) is 5.02 Å². The molecule has 0 aliphatic heterocycles. The predicted octanol–water partition coefficient (Wildman–Crippen LogP) is 2.79. The first-order chi connectivity index (χ1) is 7.99. The van der Waals surface area contributed by atoms with E-state index in [4.69, 9.17) is 22.1 Å². The van der Waals surface area contributed by atoms with Gasteiger partial charge in [-0.25, -0.2) is 0 Å². The van der Waals surface area contributed by atoms with Crippen molar-refractivity contribution in [2.75, 3.05) is 12.4 Å². The van der Waals surface area contributed by atoms with Gasteiger partial charge in [-0.15, -0.1) is 0 Å². The summed E-state index contributed by atoms with van der Waals surface area (Å²) in [7, 11) is 1.52. The molecule has 0 saturated carbocycles. The molecule has 0 aromatic heterocycles. The number of benzene rings is 1. The number of hydrogen-bond donors (Lipinski definition) is 2. The van der Waals surface area contributed by atoms with Crippen LogP contribution in [-0.4, -0.2) is 19.1 Å². The van der Waals surface area contributed by atoms with Gasteiger partial charge < -0.3 is 15.8 Å². The lowest BCUT2D eigenvalue weighted by atomic mass is 10.2. The Bertz CT molecular complexity index is 426. The highest BCUT2D eigenvalue weighted by Gasteiger charge is 2.15. The first-order valence-electron chi connectivity index (χ1n) is 5.09. The first kappa shape index (κ1) is 14.3. The molecule has 1 aromatic carbocycles. The third-order valence-corrected chi connectivity index (χ3v) is 3.05. The number of carbonyl (C=O) groups excluding carboxylic acids is 1. The first-order valence-corrected chi connectivity index (χ1v) is 6.26. The van der Waals surface area contributed by atoms with Gasteiger partial charge in [0.2, 0.25) is 5.91 Å². The Morgan fingerprint density at radius 2 is 2.29 bits per heavy atom. The monoisotopic (exact) mass is 320 g/mol. The number of ether oxygens (including phenoxy) is 1. The summed E-state index contributed by atoms with van der Waals surface area (Å²) < 4.78 is 5.86. The lowest BCUT2D eigenvalue weighted by Crippen LogP contribution is -2.34. The van der Waals surface area contributed by atoms with Crippen molar-refractivity contribution in [3.05, 3.63) is 21.6 Å². The SMILES string of the molecule is CCC(N)C(=O)Nc1cc(Cl)cc(Br)c1OC. The normalized spacial score (nSPS) is 12.1. The maximum Gasteiger partial charge on any atom is 0.241 e. The summed E-state index contributed by atoms with van der Waals surface area (Å²) in [4.78, 5) is 11.7. The van der Waals surface area contributed by atoms with E-state index in [9.17, 15) is 4.79 Å². The summed E-state index contributed by atoms with van der Waals surface area (Å²) in [5.41, 5.74) is 6.14. The molecule has 0 aliphatic rings. The topological polar surface area (TPSA) is 64.4 Å². The summed E-state index contributed by atoms with van der Waals surface area (Å²) in [6, 6.07) is 2.76. The summed E-state index contributed by atoms with van der Waals surface area (Å²) in [6.45, 7) is 1.84. The van der Waals surface area contributed by atoms with Crippen LogP contribution in [0.5, 0.6) is 5.75 Å². The van der Waals surface area contributed by atoms with Crippen molar-refractivity contribution in [3.8, 4) is 5.75 Å². The number of methoxy groups -OCH3 is 1. The lowest BCUT2D eigenvalue weighted by Gasteiger charge is -2.14. The smallest absolute Gasteiger partial charge is 0.241 e. The second-order valence-corrected chi connectivity index (χ2v) is 4.76. The minimum atomic E-state index is -0.544. The molecular weight excluding hydrogens is 307 g/mol. The van der Waals surface area contributed by atoms with Crippen LogP contribution in [0.3, 0.4) is 0 Å². The maximum atomic E-state index is 11.7. The number of amides is 1. The van der Waals surface area contributed by atoms with Gasteiger partial charge in [0.05, 0.1) is 23.3 Å². The molecule has 0 radical (unpaired) electrons. The fraction of sp³-hybridized carbons (Fsp3) is 0.364. The maximum absolute atomic E-state index is 11.7. The molecule has 1 atom stereocenters. The molecule has 0 fully saturated rings. The zero-order valence-electron chi connectivity index (χ0n) is 9.59. The van der Waals surface area contributed by atoms with E-state index in [-0.39, 0.29) is 5.91 Å². The van der Waals surface area contributed by atoms with Crippen LogP contribution in [0, 0.1) is 0 Å². The number of nitrogens with one attached hydrogen (secondary N) is 1. The Balaban J connectivity index is 3.01. The molecule has 1 unspecified atom stereocenters. The summed E-state index contributed by atoms with van der Waals surface area (Å²) in [6.07, 6.45) is 0.565. The quantitative estimate of drug-likeness (QED) is 0.896. The molecule has 3 N–H and O–H groups in total. The van der Waals surface area contributed by atoms with E-state index in [2.05, 4.69) is 21.2 Å². The second-order valence-electron chi connectivity index (χ2n) is 3.47. The van der Waals surface area contributed by atoms with Crippen LogP contribution in [0.1, 0.15) is 13.3 Å². The molecule has 1 aromatic rings. The Hall–Kier alpha value is -0.780. The second kappa shape index (κ2) is 6.23. The Kier molecular flexibility index (Phi) is 5.24. The van der Waals surface area contributed by atoms with E-state index >= 15 is 0 Å². The van der Waals surface area contributed by atoms with Crippen LogP contribution >= 0.6 is 27.5 Å². The number of halogens is 2. The average molecular weight is 322 g/mol. The van der Waals surface area contributed by atoms with Crippen LogP contribution in [-0.2, 0) is 4.79 Å². The van der Waals surface area contributed by atoms with Gasteiger partial charge in [-0.05, 0) is 34.5 Å². The molecule has 1 amide bonds. The van der Waals surface area contributed by atoms with Crippen LogP contribution in [0.2, 0.25) is 5.02 Å². The van der Waals surface area contributed by atoms with Gasteiger partial charge in [-0.2, -0.15) is 0 Å². The zero-order chi connectivity index (χ0) is 13.0. The van der Waals surface area contributed by atoms with Gasteiger partial charge >= 0.3 is 0 Å². The van der Waals surface area contributed by atoms with Crippen molar-refractivity contribution in [3.63, 3.8) is 0 Å². The Morgan fingerprint density at radius 1 is 1.65 bits per heavy atom. The van der Waals surface area contributed by atoms with Crippen LogP contribution < -0.4 is 15.8 Å². The number of nitrogens with two attached hydrogens (primary N) is 1. The number of carbonyl (C=O) groups is 1. The predicted molar refractivity (Wildman–Crippen MR) is 72.6 cm³/mol. The highest BCUT2D eigenvalue weighted by atomic mass is 79.9. The third-order valence-electron chi connectivity index (χ3n) is 2.25. The van der Waals surface area contributed by atoms with Gasteiger partial charge in [0.15, 0.2) is 5.75 Å². The van der Waals surface area contributed by atoms with Crippen LogP contribution in [0.15, 0.2) is 16.6 Å². The van der Waals surface area contributed by atoms with Crippen molar-refractivity contribution in [2.24, 2.45) is 5.73 Å². The fourth-order valence-electron chi connectivity index (χ4n) is 1.27. The Morgan fingerprint density at radius 3 is 2.82 bits per heavy atom. The summed E-state index contributed by atoms with van der Waals surface area (Å²) in [5, 5.41) is 3.19. The van der Waals surface area contributed by atoms with Crippen molar-refractivity contribution in [1.82, 2.24) is 0 Å². The fourth-order valence-corrected chi connectivity index (χ4v) is 2.24. The summed E-state index contributed by atoms with van der Waals surface area (Å²) >= 11 is 9.22. The molecule has 17 heavy (non-hydrogen) atoms. The van der Waals surface area contributed by atoms with E-state index in [1.165, 1.54) is 7.11 Å². The molecule has 4 nitrogen and oxygen atoms in total. The molecule has 0 aliphatic carbocycles. The van der Waals surface area contributed by atoms with E-state index in [0.29, 0.717) is 27.4 Å². The van der Waals surface area contributed by atoms with E-state index in [1.54, 1.807) is 12.1 Å². The van der Waals surface area contributed by atoms with Crippen LogP contribution in [0.25, 0.3) is 0 Å². The highest BCUT2D eigenvalue weighted by Crippen LogP contribution is 2.36. The number of rotatable bonds is 4. The molecule has 94 valence electrons. The van der Waals surface area contributed by atoms with E-state index < -0.39 is 6.04 Å². The van der Waals surface area contributed by atoms with Gasteiger partial charge in [-0.1, -0.05) is 18.5 Å². The van der Waals surface area contributed by atoms with E-state index in [1.807, 2.05) is 6.92 Å². The number of hydrogen-bond acceptors (Lipinski definition) is 3. The van der Waals surface area contributed by atoms with Crippen LogP contribution in [0.4, 0.5) is 5.69 Å². The molecule has 1 rings (SSSR count). The van der Waals surface area contributed by atoms with Gasteiger partial charge in [0.1, 0.15) is 0 Å². The van der Waals surface area contributed by atoms with Crippen molar-refractivity contribution in [1.29, 1.82) is 0 Å². The molecule has 0 bridgehead atoms. The molecule has 0 spiro atoms. The molecule has 0 heterocycles. The molecule has 6 heteroatoms. The largest absolute Gasteiger partial charge is 0.493 e. The highest BCUT2D eigenvalue weighted by molar-refractivity contribution is 9.10.